The number of hydrogen-bond acceptors (Lipinski definition) is 4. The van der Waals surface area contributed by atoms with Crippen LogP contribution < -0.4 is 4.74 Å². The van der Waals surface area contributed by atoms with Gasteiger partial charge in [0.15, 0.2) is 11.4 Å². The zero-order chi connectivity index (χ0) is 15.4. The molecule has 22 heavy (non-hydrogen) atoms. The van der Waals surface area contributed by atoms with Crippen LogP contribution in [0.15, 0.2) is 60.7 Å². The molecule has 0 unspecified atom stereocenters. The van der Waals surface area contributed by atoms with Gasteiger partial charge in [-0.15, -0.1) is 0 Å². The van der Waals surface area contributed by atoms with Crippen LogP contribution in [0.25, 0.3) is 10.9 Å². The third-order valence-electron chi connectivity index (χ3n) is 3.30. The highest BCUT2D eigenvalue weighted by molar-refractivity contribution is 5.94. The molecule has 0 atom stereocenters. The van der Waals surface area contributed by atoms with Crippen LogP contribution in [0.3, 0.4) is 0 Å². The van der Waals surface area contributed by atoms with Crippen LogP contribution >= 0.6 is 0 Å². The van der Waals surface area contributed by atoms with Crippen molar-refractivity contribution in [2.24, 2.45) is 0 Å². The molecule has 0 radical (unpaired) electrons. The summed E-state index contributed by atoms with van der Waals surface area (Å²) in [5.41, 5.74) is 1.94. The fourth-order valence-electron chi connectivity index (χ4n) is 2.18. The molecule has 0 saturated heterocycles. The number of esters is 1. The van der Waals surface area contributed by atoms with E-state index in [1.54, 1.807) is 0 Å². The number of hydrogen-bond donors (Lipinski definition) is 0. The van der Waals surface area contributed by atoms with Crippen molar-refractivity contribution in [2.75, 3.05) is 7.11 Å². The molecule has 3 aromatic rings. The fraction of sp³-hybridized carbons (Fsp3) is 0.111. The molecule has 0 aliphatic carbocycles. The van der Waals surface area contributed by atoms with Gasteiger partial charge in [-0.05, 0) is 17.7 Å². The second-order valence-electron chi connectivity index (χ2n) is 4.79. The van der Waals surface area contributed by atoms with Crippen molar-refractivity contribution in [1.29, 1.82) is 0 Å². The predicted molar refractivity (Wildman–Crippen MR) is 83.9 cm³/mol. The highest BCUT2D eigenvalue weighted by Gasteiger charge is 2.16. The Bertz CT molecular complexity index is 800. The fourth-order valence-corrected chi connectivity index (χ4v) is 2.18. The van der Waals surface area contributed by atoms with E-state index in [0.29, 0.717) is 12.4 Å². The minimum absolute atomic E-state index is 0.192. The zero-order valence-electron chi connectivity index (χ0n) is 12.2. The molecule has 0 N–H and O–H groups in total. The van der Waals surface area contributed by atoms with Gasteiger partial charge in [0.2, 0.25) is 0 Å². The summed E-state index contributed by atoms with van der Waals surface area (Å²) in [5.74, 6) is -0.0804. The summed E-state index contributed by atoms with van der Waals surface area (Å²) in [5, 5.41) is 0.915. The van der Waals surface area contributed by atoms with Crippen molar-refractivity contribution in [3.63, 3.8) is 0 Å². The number of rotatable bonds is 4. The van der Waals surface area contributed by atoms with E-state index in [1.807, 2.05) is 60.7 Å². The molecule has 3 rings (SSSR count). The molecule has 0 aliphatic heterocycles. The lowest BCUT2D eigenvalue weighted by Gasteiger charge is -2.11. The molecule has 0 fully saturated rings. The van der Waals surface area contributed by atoms with Crippen LogP contribution in [-0.4, -0.2) is 18.1 Å². The number of fused-ring (bicyclic) bond motifs is 1. The highest BCUT2D eigenvalue weighted by Crippen LogP contribution is 2.24. The van der Waals surface area contributed by atoms with E-state index in [2.05, 4.69) is 4.98 Å². The third kappa shape index (κ3) is 2.91. The van der Waals surface area contributed by atoms with Gasteiger partial charge in [0, 0.05) is 5.39 Å². The summed E-state index contributed by atoms with van der Waals surface area (Å²) >= 11 is 0. The van der Waals surface area contributed by atoms with Crippen LogP contribution in [-0.2, 0) is 11.3 Å². The standard InChI is InChI=1S/C18H15NO3/c1-21-18(20)17-16(22-12-13-7-3-2-4-8-13)11-14-9-5-6-10-15(14)19-17/h2-11H,12H2,1H3. The first-order valence-electron chi connectivity index (χ1n) is 6.93. The number of para-hydroxylation sites is 1. The Hall–Kier alpha value is -2.88. The number of aromatic nitrogens is 1. The molecule has 4 nitrogen and oxygen atoms in total. The molecule has 110 valence electrons. The van der Waals surface area contributed by atoms with Gasteiger partial charge in [-0.3, -0.25) is 0 Å². The SMILES string of the molecule is COC(=O)c1nc2ccccc2cc1OCc1ccccc1. The van der Waals surface area contributed by atoms with Gasteiger partial charge in [0.1, 0.15) is 6.61 Å². The maximum Gasteiger partial charge on any atom is 0.360 e. The van der Waals surface area contributed by atoms with Gasteiger partial charge >= 0.3 is 5.97 Å². The molecule has 0 amide bonds. The summed E-state index contributed by atoms with van der Waals surface area (Å²) in [6, 6.07) is 19.2. The molecule has 1 aromatic heterocycles. The average Bonchev–Trinajstić information content (AvgIpc) is 2.59. The monoisotopic (exact) mass is 293 g/mol. The third-order valence-corrected chi connectivity index (χ3v) is 3.30. The zero-order valence-corrected chi connectivity index (χ0v) is 12.2. The smallest absolute Gasteiger partial charge is 0.360 e. The van der Waals surface area contributed by atoms with Gasteiger partial charge in [0.05, 0.1) is 12.6 Å². The van der Waals surface area contributed by atoms with E-state index in [-0.39, 0.29) is 5.69 Å². The van der Waals surface area contributed by atoms with Gasteiger partial charge in [-0.1, -0.05) is 48.5 Å². The van der Waals surface area contributed by atoms with E-state index >= 15 is 0 Å². The van der Waals surface area contributed by atoms with Crippen molar-refractivity contribution in [2.45, 2.75) is 6.61 Å². The summed E-state index contributed by atoms with van der Waals surface area (Å²) < 4.78 is 10.6. The molecule has 2 aromatic carbocycles. The summed E-state index contributed by atoms with van der Waals surface area (Å²) in [6.07, 6.45) is 0. The van der Waals surface area contributed by atoms with Crippen LogP contribution in [0, 0.1) is 0 Å². The van der Waals surface area contributed by atoms with Crippen molar-refractivity contribution in [3.8, 4) is 5.75 Å². The Balaban J connectivity index is 1.97. The van der Waals surface area contributed by atoms with Crippen molar-refractivity contribution < 1.29 is 14.3 Å². The maximum absolute atomic E-state index is 11.9. The van der Waals surface area contributed by atoms with Crippen LogP contribution in [0.2, 0.25) is 0 Å². The first-order chi connectivity index (χ1) is 10.8. The van der Waals surface area contributed by atoms with E-state index < -0.39 is 5.97 Å². The lowest BCUT2D eigenvalue weighted by Crippen LogP contribution is -2.08. The molecule has 0 bridgehead atoms. The number of carbonyl (C=O) groups excluding carboxylic acids is 1. The lowest BCUT2D eigenvalue weighted by molar-refractivity contribution is 0.0589. The largest absolute Gasteiger partial charge is 0.486 e. The van der Waals surface area contributed by atoms with Crippen molar-refractivity contribution in [1.82, 2.24) is 4.98 Å². The predicted octanol–water partition coefficient (Wildman–Crippen LogP) is 3.60. The second-order valence-corrected chi connectivity index (χ2v) is 4.79. The van der Waals surface area contributed by atoms with Gasteiger partial charge in [-0.2, -0.15) is 0 Å². The maximum atomic E-state index is 11.9. The minimum atomic E-state index is -0.506. The lowest BCUT2D eigenvalue weighted by atomic mass is 10.2. The van der Waals surface area contributed by atoms with E-state index in [4.69, 9.17) is 9.47 Å². The number of carbonyl (C=O) groups is 1. The Morgan fingerprint density at radius 1 is 1.05 bits per heavy atom. The quantitative estimate of drug-likeness (QED) is 0.690. The molecule has 0 aliphatic rings. The highest BCUT2D eigenvalue weighted by atomic mass is 16.5. The first kappa shape index (κ1) is 14.1. The number of ether oxygens (including phenoxy) is 2. The Kier molecular flexibility index (Phi) is 4.01. The van der Waals surface area contributed by atoms with Gasteiger partial charge in [0.25, 0.3) is 0 Å². The second kappa shape index (κ2) is 6.26. The Labute approximate surface area is 128 Å². The normalized spacial score (nSPS) is 10.4. The molecular weight excluding hydrogens is 278 g/mol. The number of methoxy groups -OCH3 is 1. The van der Waals surface area contributed by atoms with Crippen molar-refractivity contribution >= 4 is 16.9 Å². The number of nitrogens with zero attached hydrogens (tertiary/aromatic N) is 1. The molecule has 1 heterocycles. The molecule has 0 spiro atoms. The van der Waals surface area contributed by atoms with Gasteiger partial charge < -0.3 is 9.47 Å². The summed E-state index contributed by atoms with van der Waals surface area (Å²) in [4.78, 5) is 16.3. The topological polar surface area (TPSA) is 48.4 Å². The summed E-state index contributed by atoms with van der Waals surface area (Å²) in [7, 11) is 1.33. The number of pyridine rings is 1. The van der Waals surface area contributed by atoms with E-state index in [1.165, 1.54) is 7.11 Å². The van der Waals surface area contributed by atoms with E-state index in [9.17, 15) is 4.79 Å². The minimum Gasteiger partial charge on any atom is -0.486 e. The average molecular weight is 293 g/mol. The molecule has 0 saturated carbocycles. The Morgan fingerprint density at radius 3 is 2.55 bits per heavy atom. The van der Waals surface area contributed by atoms with Crippen LogP contribution in [0.4, 0.5) is 0 Å². The van der Waals surface area contributed by atoms with Crippen molar-refractivity contribution in [3.05, 3.63) is 71.9 Å². The first-order valence-corrected chi connectivity index (χ1v) is 6.93. The Morgan fingerprint density at radius 2 is 1.77 bits per heavy atom. The van der Waals surface area contributed by atoms with Crippen LogP contribution in [0.1, 0.15) is 16.1 Å². The van der Waals surface area contributed by atoms with Gasteiger partial charge in [-0.25, -0.2) is 9.78 Å². The number of benzene rings is 2. The van der Waals surface area contributed by atoms with Crippen LogP contribution in [0.5, 0.6) is 5.75 Å². The molecular formula is C18H15NO3. The molecule has 4 heteroatoms. The summed E-state index contributed by atoms with van der Waals surface area (Å²) in [6.45, 7) is 0.366. The van der Waals surface area contributed by atoms with E-state index in [0.717, 1.165) is 16.5 Å².